The van der Waals surface area contributed by atoms with Crippen molar-refractivity contribution in [1.29, 1.82) is 0 Å². The molecule has 7 nitrogen and oxygen atoms in total. The third-order valence-electron chi connectivity index (χ3n) is 5.17. The van der Waals surface area contributed by atoms with E-state index >= 15 is 0 Å². The van der Waals surface area contributed by atoms with Gasteiger partial charge in [0.2, 0.25) is 0 Å². The van der Waals surface area contributed by atoms with E-state index in [1.54, 1.807) is 19.1 Å². The van der Waals surface area contributed by atoms with Gasteiger partial charge in [-0.25, -0.2) is 17.3 Å². The summed E-state index contributed by atoms with van der Waals surface area (Å²) in [6.45, 7) is 1.58. The minimum absolute atomic E-state index is 0.0826. The largest absolute Gasteiger partial charge is 0.348 e. The maximum atomic E-state index is 14.0. The van der Waals surface area contributed by atoms with Crippen LogP contribution in [-0.4, -0.2) is 23.4 Å². The van der Waals surface area contributed by atoms with Gasteiger partial charge in [-0.2, -0.15) is 8.75 Å². The Morgan fingerprint density at radius 3 is 2.57 bits per heavy atom. The van der Waals surface area contributed by atoms with Gasteiger partial charge in [-0.05, 0) is 36.2 Å². The second kappa shape index (κ2) is 10.8. The van der Waals surface area contributed by atoms with E-state index in [0.717, 1.165) is 39.3 Å². The number of hydrogen-bond donors (Lipinski definition) is 2. The van der Waals surface area contributed by atoms with E-state index in [-0.39, 0.29) is 29.2 Å². The van der Waals surface area contributed by atoms with E-state index in [4.69, 9.17) is 0 Å². The van der Waals surface area contributed by atoms with Crippen LogP contribution in [-0.2, 0) is 24.2 Å². The summed E-state index contributed by atoms with van der Waals surface area (Å²) in [6, 6.07) is 17.3. The Morgan fingerprint density at radius 1 is 1.09 bits per heavy atom. The number of benzene rings is 3. The first kappa shape index (κ1) is 24.6. The molecule has 0 aliphatic rings. The van der Waals surface area contributed by atoms with Crippen LogP contribution in [0.5, 0.6) is 0 Å². The fourth-order valence-electron chi connectivity index (χ4n) is 3.47. The van der Waals surface area contributed by atoms with Crippen LogP contribution in [0.15, 0.2) is 66.7 Å². The molecule has 11 heteroatoms. The summed E-state index contributed by atoms with van der Waals surface area (Å²) in [6.07, 6.45) is 0.373. The minimum Gasteiger partial charge on any atom is -0.348 e. The quantitative estimate of drug-likeness (QED) is 0.326. The van der Waals surface area contributed by atoms with Crippen molar-refractivity contribution in [2.45, 2.75) is 19.9 Å². The van der Waals surface area contributed by atoms with Crippen LogP contribution in [0.3, 0.4) is 0 Å². The summed E-state index contributed by atoms with van der Waals surface area (Å²) in [5, 5.41) is 2.59. The van der Waals surface area contributed by atoms with Gasteiger partial charge in [0.25, 0.3) is 17.2 Å². The summed E-state index contributed by atoms with van der Waals surface area (Å²) >= 11 is -1.68. The lowest BCUT2D eigenvalue weighted by molar-refractivity contribution is 0.0951. The Bertz CT molecular complexity index is 1380. The first-order valence-corrected chi connectivity index (χ1v) is 12.2. The first-order chi connectivity index (χ1) is 16.8. The lowest BCUT2D eigenvalue weighted by Crippen LogP contribution is -2.28. The standard InChI is InChI=1S/C24H20F2N4O3S2/c1-15-7-10-19(24(31)27-14-17-8-9-18(25)13-20(17)26)22(11-15)30(35(32)33)23-21(28-34-29-23)12-16-5-3-2-4-6-16/h2-11,13H,12,14H2,1H3,(H,27,31)(H,32,33). The number of nitrogens with zero attached hydrogens (tertiary/aromatic N) is 3. The maximum absolute atomic E-state index is 14.0. The molecule has 0 fully saturated rings. The van der Waals surface area contributed by atoms with Gasteiger partial charge in [0, 0.05) is 24.6 Å². The van der Waals surface area contributed by atoms with Crippen molar-refractivity contribution in [3.63, 3.8) is 0 Å². The molecule has 1 amide bonds. The molecule has 1 aromatic heterocycles. The molecular formula is C24H20F2N4O3S2. The lowest BCUT2D eigenvalue weighted by Gasteiger charge is -2.22. The molecule has 4 aromatic rings. The molecule has 1 heterocycles. The fourth-order valence-corrected chi connectivity index (χ4v) is 4.68. The highest BCUT2D eigenvalue weighted by Crippen LogP contribution is 2.33. The lowest BCUT2D eigenvalue weighted by atomic mass is 10.1. The summed E-state index contributed by atoms with van der Waals surface area (Å²) in [4.78, 5) is 13.1. The summed E-state index contributed by atoms with van der Waals surface area (Å²) < 4.78 is 59.5. The number of carbonyl (C=O) groups is 1. The van der Waals surface area contributed by atoms with Crippen molar-refractivity contribution < 1.29 is 22.3 Å². The Balaban J connectivity index is 1.67. The maximum Gasteiger partial charge on any atom is 0.268 e. The van der Waals surface area contributed by atoms with Crippen molar-refractivity contribution in [3.05, 3.63) is 106 Å². The van der Waals surface area contributed by atoms with Crippen LogP contribution in [0.1, 0.15) is 32.7 Å². The van der Waals surface area contributed by atoms with Gasteiger partial charge in [0.1, 0.15) is 17.3 Å². The molecule has 1 atom stereocenters. The third-order valence-corrected chi connectivity index (χ3v) is 6.41. The van der Waals surface area contributed by atoms with Crippen LogP contribution in [0.2, 0.25) is 0 Å². The predicted molar refractivity (Wildman–Crippen MR) is 131 cm³/mol. The number of aromatic nitrogens is 2. The number of aryl methyl sites for hydroxylation is 1. The van der Waals surface area contributed by atoms with E-state index in [1.165, 1.54) is 12.1 Å². The summed E-state index contributed by atoms with van der Waals surface area (Å²) in [5.41, 5.74) is 2.48. The topological polar surface area (TPSA) is 95.4 Å². The van der Waals surface area contributed by atoms with Gasteiger partial charge < -0.3 is 5.32 Å². The second-order valence-corrected chi connectivity index (χ2v) is 9.02. The van der Waals surface area contributed by atoms with Crippen molar-refractivity contribution in [2.75, 3.05) is 4.31 Å². The zero-order valence-electron chi connectivity index (χ0n) is 18.4. The molecule has 4 rings (SSSR count). The predicted octanol–water partition coefficient (Wildman–Crippen LogP) is 4.92. The highest BCUT2D eigenvalue weighted by molar-refractivity contribution is 7.81. The number of hydrogen-bond acceptors (Lipinski definition) is 5. The van der Waals surface area contributed by atoms with Gasteiger partial charge in [0.05, 0.1) is 23.0 Å². The Kier molecular flexibility index (Phi) is 7.59. The molecule has 180 valence electrons. The Morgan fingerprint density at radius 2 is 1.86 bits per heavy atom. The van der Waals surface area contributed by atoms with Crippen molar-refractivity contribution >= 4 is 40.4 Å². The Labute approximate surface area is 207 Å². The van der Waals surface area contributed by atoms with E-state index in [0.29, 0.717) is 12.1 Å². The molecule has 1 unspecified atom stereocenters. The van der Waals surface area contributed by atoms with E-state index in [2.05, 4.69) is 14.1 Å². The fraction of sp³-hybridized carbons (Fsp3) is 0.125. The molecule has 0 bridgehead atoms. The average Bonchev–Trinajstić information content (AvgIpc) is 3.26. The zero-order chi connectivity index (χ0) is 24.9. The van der Waals surface area contributed by atoms with Crippen LogP contribution in [0.4, 0.5) is 20.3 Å². The number of carbonyl (C=O) groups excluding carboxylic acids is 1. The van der Waals surface area contributed by atoms with Gasteiger partial charge in [-0.15, -0.1) is 0 Å². The number of rotatable bonds is 8. The number of anilines is 2. The molecule has 0 aliphatic heterocycles. The van der Waals surface area contributed by atoms with Gasteiger partial charge in [-0.1, -0.05) is 42.5 Å². The van der Waals surface area contributed by atoms with E-state index < -0.39 is 28.8 Å². The third kappa shape index (κ3) is 5.76. The Hall–Kier alpha value is -3.54. The average molecular weight is 515 g/mol. The highest BCUT2D eigenvalue weighted by atomic mass is 32.2. The molecular weight excluding hydrogens is 494 g/mol. The normalized spacial score (nSPS) is 11.8. The molecule has 0 saturated carbocycles. The van der Waals surface area contributed by atoms with Crippen LogP contribution in [0, 0.1) is 18.6 Å². The highest BCUT2D eigenvalue weighted by Gasteiger charge is 2.27. The molecule has 2 N–H and O–H groups in total. The molecule has 35 heavy (non-hydrogen) atoms. The molecule has 0 radical (unpaired) electrons. The van der Waals surface area contributed by atoms with Crippen LogP contribution >= 0.6 is 11.7 Å². The molecule has 0 aliphatic carbocycles. The summed E-state index contributed by atoms with van der Waals surface area (Å²) in [5.74, 6) is -1.95. The van der Waals surface area contributed by atoms with Gasteiger partial charge in [-0.3, -0.25) is 9.35 Å². The van der Waals surface area contributed by atoms with E-state index in [9.17, 15) is 22.3 Å². The van der Waals surface area contributed by atoms with Crippen LogP contribution < -0.4 is 9.62 Å². The van der Waals surface area contributed by atoms with Crippen molar-refractivity contribution in [1.82, 2.24) is 14.1 Å². The van der Waals surface area contributed by atoms with Crippen molar-refractivity contribution in [2.24, 2.45) is 0 Å². The molecule has 0 spiro atoms. The van der Waals surface area contributed by atoms with Crippen LogP contribution in [0.25, 0.3) is 0 Å². The number of amides is 1. The molecule has 0 saturated heterocycles. The monoisotopic (exact) mass is 514 g/mol. The zero-order valence-corrected chi connectivity index (χ0v) is 20.1. The number of halogens is 2. The van der Waals surface area contributed by atoms with Gasteiger partial charge >= 0.3 is 0 Å². The SMILES string of the molecule is Cc1ccc(C(=O)NCc2ccc(F)cc2F)c(N(c2nsnc2Cc2ccccc2)S(=O)O)c1. The number of nitrogens with one attached hydrogen (secondary N) is 1. The second-order valence-electron chi connectivity index (χ2n) is 7.66. The van der Waals surface area contributed by atoms with Gasteiger partial charge in [0.15, 0.2) is 5.82 Å². The summed E-state index contributed by atoms with van der Waals surface area (Å²) in [7, 11) is 0. The van der Waals surface area contributed by atoms with Crippen molar-refractivity contribution in [3.8, 4) is 0 Å². The van der Waals surface area contributed by atoms with E-state index in [1.807, 2.05) is 30.3 Å². The minimum atomic E-state index is -2.58. The first-order valence-electron chi connectivity index (χ1n) is 10.4. The smallest absolute Gasteiger partial charge is 0.268 e. The molecule has 3 aromatic carbocycles.